The lowest BCUT2D eigenvalue weighted by Gasteiger charge is -2.40. The first-order chi connectivity index (χ1) is 13.3. The van der Waals surface area contributed by atoms with E-state index in [0.717, 1.165) is 23.6 Å². The minimum Gasteiger partial charge on any atom is -0.497 e. The van der Waals surface area contributed by atoms with Gasteiger partial charge in [-0.25, -0.2) is 0 Å². The quantitative estimate of drug-likeness (QED) is 0.708. The van der Waals surface area contributed by atoms with Crippen LogP contribution in [0.5, 0.6) is 11.5 Å². The van der Waals surface area contributed by atoms with Gasteiger partial charge in [-0.3, -0.25) is 4.90 Å². The molecule has 1 N–H and O–H groups in total. The Morgan fingerprint density at radius 1 is 1.07 bits per heavy atom. The summed E-state index contributed by atoms with van der Waals surface area (Å²) in [7, 11) is 1.69. The van der Waals surface area contributed by atoms with Crippen molar-refractivity contribution in [3.05, 3.63) is 59.7 Å². The van der Waals surface area contributed by atoms with Gasteiger partial charge >= 0.3 is 0 Å². The van der Waals surface area contributed by atoms with Crippen molar-refractivity contribution in [2.45, 2.75) is 32.4 Å². The van der Waals surface area contributed by atoms with Gasteiger partial charge in [-0.1, -0.05) is 30.3 Å². The van der Waals surface area contributed by atoms with E-state index in [0.29, 0.717) is 12.0 Å². The highest BCUT2D eigenvalue weighted by Crippen LogP contribution is 2.36. The maximum Gasteiger partial charge on any atom is 0.124 e. The number of hydrogen-bond donors (Lipinski definition) is 1. The molecule has 2 aliphatic rings. The summed E-state index contributed by atoms with van der Waals surface area (Å²) in [6, 6.07) is 16.5. The Balaban J connectivity index is 0.00000150. The summed E-state index contributed by atoms with van der Waals surface area (Å²) in [5.74, 6) is 1.86. The van der Waals surface area contributed by atoms with Gasteiger partial charge in [0, 0.05) is 25.2 Å². The number of piperidine rings is 1. The van der Waals surface area contributed by atoms with Crippen LogP contribution in [0.2, 0.25) is 0 Å². The zero-order valence-electron chi connectivity index (χ0n) is 17.1. The van der Waals surface area contributed by atoms with Crippen LogP contribution in [0.4, 0.5) is 0 Å². The third-order valence-electron chi connectivity index (χ3n) is 5.97. The Labute approximate surface area is 186 Å². The molecule has 0 amide bonds. The van der Waals surface area contributed by atoms with Crippen LogP contribution in [0.15, 0.2) is 48.5 Å². The van der Waals surface area contributed by atoms with Gasteiger partial charge in [-0.05, 0) is 61.5 Å². The minimum atomic E-state index is 0. The summed E-state index contributed by atoms with van der Waals surface area (Å²) >= 11 is 0. The summed E-state index contributed by atoms with van der Waals surface area (Å²) < 4.78 is 11.5. The Bertz CT molecular complexity index is 766. The highest BCUT2D eigenvalue weighted by Gasteiger charge is 2.37. The number of para-hydroxylation sites is 1. The number of halogens is 2. The third-order valence-corrected chi connectivity index (χ3v) is 5.97. The van der Waals surface area contributed by atoms with E-state index in [1.807, 2.05) is 18.2 Å². The van der Waals surface area contributed by atoms with E-state index in [1.165, 1.54) is 51.0 Å². The van der Waals surface area contributed by atoms with Crippen molar-refractivity contribution in [3.8, 4) is 11.5 Å². The molecular weight excluding hydrogens is 407 g/mol. The molecule has 2 aliphatic heterocycles. The van der Waals surface area contributed by atoms with Gasteiger partial charge in [0.2, 0.25) is 0 Å². The van der Waals surface area contributed by atoms with E-state index in [9.17, 15) is 0 Å². The van der Waals surface area contributed by atoms with Gasteiger partial charge in [0.25, 0.3) is 0 Å². The fraction of sp³-hybridized carbons (Fsp3) is 0.478. The lowest BCUT2D eigenvalue weighted by Crippen LogP contribution is -2.44. The number of hydrogen-bond acceptors (Lipinski definition) is 4. The van der Waals surface area contributed by atoms with Gasteiger partial charge in [-0.2, -0.15) is 0 Å². The number of likely N-dealkylation sites (tertiary alicyclic amines) is 1. The van der Waals surface area contributed by atoms with E-state index in [-0.39, 0.29) is 24.8 Å². The summed E-state index contributed by atoms with van der Waals surface area (Å²) in [5.41, 5.74) is 2.90. The van der Waals surface area contributed by atoms with Crippen LogP contribution in [0.3, 0.4) is 0 Å². The van der Waals surface area contributed by atoms with Crippen molar-refractivity contribution < 1.29 is 9.47 Å². The fourth-order valence-electron chi connectivity index (χ4n) is 4.53. The smallest absolute Gasteiger partial charge is 0.124 e. The van der Waals surface area contributed by atoms with Gasteiger partial charge in [0.05, 0.1) is 7.11 Å². The molecule has 6 heteroatoms. The van der Waals surface area contributed by atoms with Crippen LogP contribution in [-0.4, -0.2) is 38.2 Å². The maximum absolute atomic E-state index is 6.19. The first kappa shape index (κ1) is 23.8. The molecule has 4 rings (SSSR count). The number of rotatable bonds is 6. The molecule has 0 saturated carbocycles. The predicted octanol–water partition coefficient (Wildman–Crippen LogP) is 4.69. The first-order valence-corrected chi connectivity index (χ1v) is 10.0. The van der Waals surface area contributed by atoms with Crippen LogP contribution in [0.1, 0.15) is 30.4 Å². The molecular formula is C23H32Cl2N2O2. The highest BCUT2D eigenvalue weighted by molar-refractivity contribution is 5.85. The van der Waals surface area contributed by atoms with Gasteiger partial charge in [0.15, 0.2) is 0 Å². The van der Waals surface area contributed by atoms with Gasteiger partial charge in [0.1, 0.15) is 18.1 Å². The molecule has 2 aromatic rings. The molecule has 2 aromatic carbocycles. The molecule has 2 fully saturated rings. The first-order valence-electron chi connectivity index (χ1n) is 10.0. The Morgan fingerprint density at radius 2 is 1.93 bits per heavy atom. The number of benzene rings is 2. The summed E-state index contributed by atoms with van der Waals surface area (Å²) in [4.78, 5) is 2.62. The lowest BCUT2D eigenvalue weighted by atomic mass is 9.79. The van der Waals surface area contributed by atoms with E-state index < -0.39 is 0 Å². The summed E-state index contributed by atoms with van der Waals surface area (Å²) in [5, 5.41) is 3.56. The second-order valence-electron chi connectivity index (χ2n) is 7.99. The number of nitrogens with zero attached hydrogens (tertiary/aromatic N) is 1. The van der Waals surface area contributed by atoms with Crippen LogP contribution >= 0.6 is 24.8 Å². The molecule has 1 atom stereocenters. The van der Waals surface area contributed by atoms with Crippen molar-refractivity contribution in [3.63, 3.8) is 0 Å². The molecule has 0 radical (unpaired) electrons. The Morgan fingerprint density at radius 3 is 2.72 bits per heavy atom. The number of nitrogens with one attached hydrogen (secondary N) is 1. The molecule has 160 valence electrons. The minimum absolute atomic E-state index is 0. The standard InChI is InChI=1S/C23H30N2O2.2ClH/c1-26-21-8-4-6-19(14-21)16-27-22-9-3-2-7-20(22)15-25-13-5-10-23(18-25)11-12-24-17-23;;/h2-4,6-9,14,24H,5,10-13,15-18H2,1H3;2*1H. The SMILES string of the molecule is COc1cccc(COc2ccccc2CN2CCCC3(CCNC3)C2)c1.Cl.Cl. The molecule has 1 spiro atoms. The monoisotopic (exact) mass is 438 g/mol. The number of ether oxygens (including phenoxy) is 2. The molecule has 2 heterocycles. The fourth-order valence-corrected chi connectivity index (χ4v) is 4.53. The molecule has 0 aromatic heterocycles. The lowest BCUT2D eigenvalue weighted by molar-refractivity contribution is 0.0967. The highest BCUT2D eigenvalue weighted by atomic mass is 35.5. The van der Waals surface area contributed by atoms with E-state index >= 15 is 0 Å². The molecule has 2 saturated heterocycles. The van der Waals surface area contributed by atoms with Crippen LogP contribution in [0.25, 0.3) is 0 Å². The van der Waals surface area contributed by atoms with Crippen LogP contribution < -0.4 is 14.8 Å². The third kappa shape index (κ3) is 6.02. The van der Waals surface area contributed by atoms with Crippen molar-refractivity contribution in [2.24, 2.45) is 5.41 Å². The molecule has 29 heavy (non-hydrogen) atoms. The van der Waals surface area contributed by atoms with Crippen LogP contribution in [0, 0.1) is 5.41 Å². The Hall–Kier alpha value is -1.46. The topological polar surface area (TPSA) is 33.7 Å². The average molecular weight is 439 g/mol. The molecule has 0 bridgehead atoms. The molecule has 0 aliphatic carbocycles. The van der Waals surface area contributed by atoms with Crippen molar-refractivity contribution in [1.29, 1.82) is 0 Å². The predicted molar refractivity (Wildman–Crippen MR) is 123 cm³/mol. The van der Waals surface area contributed by atoms with Crippen molar-refractivity contribution >= 4 is 24.8 Å². The van der Waals surface area contributed by atoms with E-state index in [1.54, 1.807) is 7.11 Å². The summed E-state index contributed by atoms with van der Waals surface area (Å²) in [6.07, 6.45) is 3.98. The largest absolute Gasteiger partial charge is 0.497 e. The van der Waals surface area contributed by atoms with E-state index in [4.69, 9.17) is 9.47 Å². The van der Waals surface area contributed by atoms with Crippen LogP contribution in [-0.2, 0) is 13.2 Å². The van der Waals surface area contributed by atoms with Crippen molar-refractivity contribution in [2.75, 3.05) is 33.3 Å². The zero-order chi connectivity index (χ0) is 18.5. The normalized spacial score (nSPS) is 21.3. The second kappa shape index (κ2) is 11.1. The summed E-state index contributed by atoms with van der Waals surface area (Å²) in [6.45, 7) is 6.26. The molecule has 4 nitrogen and oxygen atoms in total. The van der Waals surface area contributed by atoms with Crippen molar-refractivity contribution in [1.82, 2.24) is 10.2 Å². The number of methoxy groups -OCH3 is 1. The van der Waals surface area contributed by atoms with Gasteiger partial charge < -0.3 is 14.8 Å². The molecule has 1 unspecified atom stereocenters. The van der Waals surface area contributed by atoms with Gasteiger partial charge in [-0.15, -0.1) is 24.8 Å². The maximum atomic E-state index is 6.19. The Kier molecular flexibility index (Phi) is 9.09. The average Bonchev–Trinajstić information content (AvgIpc) is 3.15. The van der Waals surface area contributed by atoms with E-state index in [2.05, 4.69) is 40.5 Å². The second-order valence-corrected chi connectivity index (χ2v) is 7.99. The zero-order valence-corrected chi connectivity index (χ0v) is 18.7.